The normalized spacial score (nSPS) is 19.0. The van der Waals surface area contributed by atoms with Crippen molar-refractivity contribution in [1.82, 2.24) is 15.5 Å². The standard InChI is InChI=1S/C22H22FN3O5/c1-22(15-8-10-16(23)11-9-15)20(29)26(21(30)25-22)13-18(27)24-17(12-19(28)31-2)14-6-4-3-5-7-14/h3-11,17H,12-13H2,1-2H3,(H,24,27)(H,25,30). The van der Waals surface area contributed by atoms with Crippen LogP contribution in [-0.4, -0.2) is 42.4 Å². The largest absolute Gasteiger partial charge is 0.469 e. The number of esters is 1. The number of hydrogen-bond acceptors (Lipinski definition) is 5. The van der Waals surface area contributed by atoms with Gasteiger partial charge < -0.3 is 15.4 Å². The fourth-order valence-corrected chi connectivity index (χ4v) is 3.39. The average molecular weight is 427 g/mol. The Hall–Kier alpha value is -3.75. The molecule has 31 heavy (non-hydrogen) atoms. The van der Waals surface area contributed by atoms with Gasteiger partial charge in [0.2, 0.25) is 5.91 Å². The van der Waals surface area contributed by atoms with Gasteiger partial charge in [0.15, 0.2) is 0 Å². The van der Waals surface area contributed by atoms with Gasteiger partial charge >= 0.3 is 12.0 Å². The third-order valence-corrected chi connectivity index (χ3v) is 5.13. The maximum absolute atomic E-state index is 13.2. The summed E-state index contributed by atoms with van der Waals surface area (Å²) >= 11 is 0. The molecule has 2 aromatic rings. The SMILES string of the molecule is COC(=O)CC(NC(=O)CN1C(=O)NC(C)(c2ccc(F)cc2)C1=O)c1ccccc1. The molecule has 0 bridgehead atoms. The lowest BCUT2D eigenvalue weighted by Gasteiger charge is -2.23. The van der Waals surface area contributed by atoms with E-state index in [9.17, 15) is 23.6 Å². The van der Waals surface area contributed by atoms with Crippen molar-refractivity contribution in [2.45, 2.75) is 24.9 Å². The quantitative estimate of drug-likeness (QED) is 0.520. The zero-order valence-corrected chi connectivity index (χ0v) is 17.1. The molecule has 3 rings (SSSR count). The molecule has 1 saturated heterocycles. The molecule has 2 unspecified atom stereocenters. The lowest BCUT2D eigenvalue weighted by molar-refractivity contribution is -0.141. The van der Waals surface area contributed by atoms with Crippen LogP contribution in [0.1, 0.15) is 30.5 Å². The third-order valence-electron chi connectivity index (χ3n) is 5.13. The lowest BCUT2D eigenvalue weighted by Crippen LogP contribution is -2.44. The van der Waals surface area contributed by atoms with Crippen molar-refractivity contribution in [3.05, 3.63) is 71.5 Å². The molecule has 2 N–H and O–H groups in total. The highest BCUT2D eigenvalue weighted by Crippen LogP contribution is 2.29. The second-order valence-corrected chi connectivity index (χ2v) is 7.26. The van der Waals surface area contributed by atoms with E-state index in [2.05, 4.69) is 10.6 Å². The molecule has 1 heterocycles. The summed E-state index contributed by atoms with van der Waals surface area (Å²) < 4.78 is 17.9. The van der Waals surface area contributed by atoms with Gasteiger partial charge in [0.05, 0.1) is 19.6 Å². The predicted octanol–water partition coefficient (Wildman–Crippen LogP) is 2.01. The van der Waals surface area contributed by atoms with Gasteiger partial charge in [-0.25, -0.2) is 9.18 Å². The highest BCUT2D eigenvalue weighted by molar-refractivity contribution is 6.09. The van der Waals surface area contributed by atoms with Gasteiger partial charge in [-0.05, 0) is 30.2 Å². The van der Waals surface area contributed by atoms with Gasteiger partial charge in [-0.2, -0.15) is 0 Å². The van der Waals surface area contributed by atoms with E-state index in [1.165, 1.54) is 38.3 Å². The zero-order chi connectivity index (χ0) is 22.6. The summed E-state index contributed by atoms with van der Waals surface area (Å²) in [6.45, 7) is 0.953. The molecule has 1 aliphatic rings. The lowest BCUT2D eigenvalue weighted by atomic mass is 9.92. The van der Waals surface area contributed by atoms with Crippen molar-refractivity contribution >= 4 is 23.8 Å². The maximum atomic E-state index is 13.2. The Morgan fingerprint density at radius 1 is 1.13 bits per heavy atom. The first-order valence-corrected chi connectivity index (χ1v) is 9.56. The van der Waals surface area contributed by atoms with E-state index >= 15 is 0 Å². The summed E-state index contributed by atoms with van der Waals surface area (Å²) in [7, 11) is 1.25. The summed E-state index contributed by atoms with van der Waals surface area (Å²) in [6.07, 6.45) is -0.111. The average Bonchev–Trinajstić information content (AvgIpc) is 2.98. The number of urea groups is 1. The summed E-state index contributed by atoms with van der Waals surface area (Å²) in [5.41, 5.74) is -0.353. The molecule has 162 valence electrons. The van der Waals surface area contributed by atoms with Gasteiger partial charge in [-0.15, -0.1) is 0 Å². The van der Waals surface area contributed by atoms with E-state index in [1.807, 2.05) is 0 Å². The fraction of sp³-hybridized carbons (Fsp3) is 0.273. The minimum absolute atomic E-state index is 0.111. The Morgan fingerprint density at radius 2 is 1.77 bits per heavy atom. The Bertz CT molecular complexity index is 996. The van der Waals surface area contributed by atoms with Crippen molar-refractivity contribution in [2.24, 2.45) is 0 Å². The molecule has 8 nitrogen and oxygen atoms in total. The summed E-state index contributed by atoms with van der Waals surface area (Å²) in [6, 6.07) is 12.6. The molecule has 2 atom stereocenters. The second kappa shape index (κ2) is 8.95. The molecular formula is C22H22FN3O5. The van der Waals surface area contributed by atoms with Crippen molar-refractivity contribution < 1.29 is 28.3 Å². The van der Waals surface area contributed by atoms with Crippen LogP contribution < -0.4 is 10.6 Å². The Labute approximate surface area is 178 Å². The summed E-state index contributed by atoms with van der Waals surface area (Å²) in [5, 5.41) is 5.24. The number of carbonyl (C=O) groups excluding carboxylic acids is 4. The van der Waals surface area contributed by atoms with Crippen LogP contribution in [0.5, 0.6) is 0 Å². The molecule has 1 aliphatic heterocycles. The molecule has 1 fully saturated rings. The van der Waals surface area contributed by atoms with Crippen LogP contribution in [0, 0.1) is 5.82 Å². The smallest absolute Gasteiger partial charge is 0.325 e. The highest BCUT2D eigenvalue weighted by Gasteiger charge is 2.49. The molecule has 0 radical (unpaired) electrons. The molecule has 0 aliphatic carbocycles. The van der Waals surface area contributed by atoms with Crippen LogP contribution in [0.3, 0.4) is 0 Å². The van der Waals surface area contributed by atoms with Crippen LogP contribution in [0.25, 0.3) is 0 Å². The first-order valence-electron chi connectivity index (χ1n) is 9.56. The highest BCUT2D eigenvalue weighted by atomic mass is 19.1. The second-order valence-electron chi connectivity index (χ2n) is 7.26. The number of ether oxygens (including phenoxy) is 1. The number of benzene rings is 2. The molecule has 0 aromatic heterocycles. The van der Waals surface area contributed by atoms with E-state index in [0.29, 0.717) is 11.1 Å². The van der Waals surface area contributed by atoms with E-state index in [4.69, 9.17) is 4.74 Å². The maximum Gasteiger partial charge on any atom is 0.325 e. The number of methoxy groups -OCH3 is 1. The van der Waals surface area contributed by atoms with Gasteiger partial charge in [0.25, 0.3) is 5.91 Å². The minimum atomic E-state index is -1.42. The van der Waals surface area contributed by atoms with Gasteiger partial charge in [0.1, 0.15) is 17.9 Å². The van der Waals surface area contributed by atoms with E-state index in [0.717, 1.165) is 4.90 Å². The number of carbonyl (C=O) groups is 4. The van der Waals surface area contributed by atoms with E-state index < -0.39 is 47.8 Å². The van der Waals surface area contributed by atoms with Gasteiger partial charge in [0, 0.05) is 0 Å². The molecule has 4 amide bonds. The number of rotatable bonds is 7. The monoisotopic (exact) mass is 427 g/mol. The Kier molecular flexibility index (Phi) is 6.33. The van der Waals surface area contributed by atoms with Gasteiger partial charge in [-0.3, -0.25) is 19.3 Å². The van der Waals surface area contributed by atoms with Crippen molar-refractivity contribution in [3.8, 4) is 0 Å². The predicted molar refractivity (Wildman–Crippen MR) is 108 cm³/mol. The Morgan fingerprint density at radius 3 is 2.39 bits per heavy atom. The number of imide groups is 1. The number of hydrogen-bond donors (Lipinski definition) is 2. The number of nitrogens with zero attached hydrogens (tertiary/aromatic N) is 1. The zero-order valence-electron chi connectivity index (χ0n) is 17.1. The molecule has 9 heteroatoms. The number of halogens is 1. The van der Waals surface area contributed by atoms with Crippen molar-refractivity contribution in [3.63, 3.8) is 0 Å². The molecular weight excluding hydrogens is 405 g/mol. The number of nitrogens with one attached hydrogen (secondary N) is 2. The third kappa shape index (κ3) is 4.71. The van der Waals surface area contributed by atoms with Gasteiger partial charge in [-0.1, -0.05) is 42.5 Å². The van der Waals surface area contributed by atoms with Crippen LogP contribution in [0.15, 0.2) is 54.6 Å². The van der Waals surface area contributed by atoms with Crippen LogP contribution in [0.2, 0.25) is 0 Å². The van der Waals surface area contributed by atoms with Crippen molar-refractivity contribution in [1.29, 1.82) is 0 Å². The van der Waals surface area contributed by atoms with Crippen LogP contribution >= 0.6 is 0 Å². The first-order chi connectivity index (χ1) is 14.7. The summed E-state index contributed by atoms with van der Waals surface area (Å²) in [4.78, 5) is 50.6. The van der Waals surface area contributed by atoms with E-state index in [1.54, 1.807) is 30.3 Å². The van der Waals surface area contributed by atoms with E-state index in [-0.39, 0.29) is 6.42 Å². The number of amides is 4. The molecule has 0 saturated carbocycles. The first kappa shape index (κ1) is 21.9. The molecule has 0 spiro atoms. The van der Waals surface area contributed by atoms with Crippen LogP contribution in [0.4, 0.5) is 9.18 Å². The van der Waals surface area contributed by atoms with Crippen LogP contribution in [-0.2, 0) is 24.7 Å². The molecule has 2 aromatic carbocycles. The summed E-state index contributed by atoms with van der Waals surface area (Å²) in [5.74, 6) is -2.25. The Balaban J connectivity index is 1.74. The van der Waals surface area contributed by atoms with Crippen molar-refractivity contribution in [2.75, 3.05) is 13.7 Å². The fourth-order valence-electron chi connectivity index (χ4n) is 3.39. The minimum Gasteiger partial charge on any atom is -0.469 e. The topological polar surface area (TPSA) is 105 Å².